The van der Waals surface area contributed by atoms with Gasteiger partial charge in [0, 0.05) is 36.6 Å². The van der Waals surface area contributed by atoms with Gasteiger partial charge < -0.3 is 16.0 Å². The van der Waals surface area contributed by atoms with Crippen LogP contribution in [0.3, 0.4) is 0 Å². The molecule has 1 aliphatic carbocycles. The van der Waals surface area contributed by atoms with Crippen LogP contribution < -0.4 is 11.5 Å². The first-order valence-electron chi connectivity index (χ1n) is 4.78. The van der Waals surface area contributed by atoms with Gasteiger partial charge in [0.15, 0.2) is 0 Å². The molecule has 1 aromatic rings. The number of halogens is 1. The Hall–Kier alpha value is -1.19. The van der Waals surface area contributed by atoms with Crippen LogP contribution in [0.15, 0.2) is 36.2 Å². The van der Waals surface area contributed by atoms with Gasteiger partial charge in [0.25, 0.3) is 0 Å². The van der Waals surface area contributed by atoms with Crippen molar-refractivity contribution < 1.29 is 0 Å². The standard InChI is InChI=1S/C11H14ClN3/c1-15-6-2-3-10(15)8-7-11(12,14)5-4-9(8)13/h2-4,6-7H,5,13-14H2,1H3. The van der Waals surface area contributed by atoms with E-state index in [0.717, 1.165) is 17.0 Å². The number of rotatable bonds is 1. The number of aryl methyl sites for hydroxylation is 1. The molecule has 0 radical (unpaired) electrons. The molecule has 80 valence electrons. The minimum absolute atomic E-state index is 0.564. The van der Waals surface area contributed by atoms with Crippen LogP contribution >= 0.6 is 11.6 Å². The zero-order chi connectivity index (χ0) is 11.1. The van der Waals surface area contributed by atoms with Crippen LogP contribution in [-0.4, -0.2) is 9.57 Å². The summed E-state index contributed by atoms with van der Waals surface area (Å²) in [7, 11) is 1.96. The summed E-state index contributed by atoms with van der Waals surface area (Å²) in [5, 5.41) is 0. The molecule has 1 unspecified atom stereocenters. The lowest BCUT2D eigenvalue weighted by atomic mass is 9.97. The number of allylic oxidation sites excluding steroid dienone is 1. The van der Waals surface area contributed by atoms with E-state index < -0.39 is 5.00 Å². The van der Waals surface area contributed by atoms with Crippen molar-refractivity contribution in [3.63, 3.8) is 0 Å². The quantitative estimate of drug-likeness (QED) is 0.561. The second-order valence-corrected chi connectivity index (χ2v) is 4.56. The van der Waals surface area contributed by atoms with E-state index in [0.29, 0.717) is 6.42 Å². The molecule has 1 atom stereocenters. The predicted octanol–water partition coefficient (Wildman–Crippen LogP) is 1.55. The monoisotopic (exact) mass is 223 g/mol. The molecule has 4 heteroatoms. The number of aromatic nitrogens is 1. The van der Waals surface area contributed by atoms with Crippen molar-refractivity contribution in [3.05, 3.63) is 41.9 Å². The van der Waals surface area contributed by atoms with Gasteiger partial charge in [0.2, 0.25) is 0 Å². The Bertz CT molecular complexity index is 440. The molecular weight excluding hydrogens is 210 g/mol. The maximum atomic E-state index is 6.09. The Balaban J connectivity index is 2.48. The van der Waals surface area contributed by atoms with Crippen LogP contribution in [0.1, 0.15) is 12.1 Å². The molecule has 0 saturated heterocycles. The third-order valence-electron chi connectivity index (χ3n) is 2.55. The van der Waals surface area contributed by atoms with Gasteiger partial charge in [0.1, 0.15) is 5.00 Å². The molecule has 0 bridgehead atoms. The molecule has 0 amide bonds. The lowest BCUT2D eigenvalue weighted by Crippen LogP contribution is -2.33. The van der Waals surface area contributed by atoms with Gasteiger partial charge >= 0.3 is 0 Å². The fourth-order valence-electron chi connectivity index (χ4n) is 1.72. The van der Waals surface area contributed by atoms with E-state index in [1.807, 2.05) is 42.1 Å². The molecule has 0 aromatic carbocycles. The zero-order valence-corrected chi connectivity index (χ0v) is 9.33. The van der Waals surface area contributed by atoms with Gasteiger partial charge in [-0.2, -0.15) is 0 Å². The first-order chi connectivity index (χ1) is 6.99. The van der Waals surface area contributed by atoms with E-state index in [9.17, 15) is 0 Å². The average Bonchev–Trinajstić information content (AvgIpc) is 2.56. The summed E-state index contributed by atoms with van der Waals surface area (Å²) in [5.74, 6) is 0. The Labute approximate surface area is 94.0 Å². The number of nitrogens with zero attached hydrogens (tertiary/aromatic N) is 1. The topological polar surface area (TPSA) is 57.0 Å². The summed E-state index contributed by atoms with van der Waals surface area (Å²) < 4.78 is 1.99. The number of nitrogens with two attached hydrogens (primary N) is 2. The number of alkyl halides is 1. The van der Waals surface area contributed by atoms with Gasteiger partial charge in [-0.25, -0.2) is 0 Å². The molecule has 1 aromatic heterocycles. The normalized spacial score (nSPS) is 26.1. The highest BCUT2D eigenvalue weighted by Crippen LogP contribution is 2.31. The molecule has 0 aliphatic heterocycles. The molecule has 2 rings (SSSR count). The highest BCUT2D eigenvalue weighted by atomic mass is 35.5. The van der Waals surface area contributed by atoms with Gasteiger partial charge in [-0.1, -0.05) is 17.7 Å². The van der Waals surface area contributed by atoms with Crippen LogP contribution in [0.25, 0.3) is 5.57 Å². The summed E-state index contributed by atoms with van der Waals surface area (Å²) in [6, 6.07) is 3.95. The molecule has 3 nitrogen and oxygen atoms in total. The first kappa shape index (κ1) is 10.3. The lowest BCUT2D eigenvalue weighted by molar-refractivity contribution is 0.737. The maximum absolute atomic E-state index is 6.09. The molecule has 1 heterocycles. The van der Waals surface area contributed by atoms with Crippen molar-refractivity contribution in [2.75, 3.05) is 0 Å². The van der Waals surface area contributed by atoms with Gasteiger partial charge in [-0.3, -0.25) is 0 Å². The van der Waals surface area contributed by atoms with Crippen LogP contribution in [-0.2, 0) is 7.05 Å². The Morgan fingerprint density at radius 2 is 2.27 bits per heavy atom. The smallest absolute Gasteiger partial charge is 0.114 e. The van der Waals surface area contributed by atoms with Crippen LogP contribution in [0.2, 0.25) is 0 Å². The van der Waals surface area contributed by atoms with Crippen molar-refractivity contribution in [1.29, 1.82) is 0 Å². The van der Waals surface area contributed by atoms with Crippen molar-refractivity contribution >= 4 is 17.2 Å². The van der Waals surface area contributed by atoms with Gasteiger partial charge in [-0.05, 0) is 18.2 Å². The Kier molecular flexibility index (Phi) is 2.37. The van der Waals surface area contributed by atoms with Gasteiger partial charge in [-0.15, -0.1) is 0 Å². The molecule has 0 fully saturated rings. The maximum Gasteiger partial charge on any atom is 0.114 e. The summed E-state index contributed by atoms with van der Waals surface area (Å²) in [4.78, 5) is -0.817. The predicted molar refractivity (Wildman–Crippen MR) is 63.0 cm³/mol. The Morgan fingerprint density at radius 1 is 1.53 bits per heavy atom. The average molecular weight is 224 g/mol. The molecule has 4 N–H and O–H groups in total. The number of hydrogen-bond acceptors (Lipinski definition) is 2. The third-order valence-corrected chi connectivity index (χ3v) is 2.81. The van der Waals surface area contributed by atoms with E-state index in [2.05, 4.69) is 0 Å². The van der Waals surface area contributed by atoms with Crippen molar-refractivity contribution in [2.24, 2.45) is 18.5 Å². The van der Waals surface area contributed by atoms with E-state index >= 15 is 0 Å². The molecule has 0 spiro atoms. The van der Waals surface area contributed by atoms with Crippen LogP contribution in [0.5, 0.6) is 0 Å². The lowest BCUT2D eigenvalue weighted by Gasteiger charge is -2.24. The van der Waals surface area contributed by atoms with Crippen molar-refractivity contribution in [2.45, 2.75) is 11.4 Å². The second-order valence-electron chi connectivity index (χ2n) is 3.85. The second kappa shape index (κ2) is 3.43. The summed E-state index contributed by atoms with van der Waals surface area (Å²) in [6.45, 7) is 0. The fourth-order valence-corrected chi connectivity index (χ4v) is 1.91. The molecule has 15 heavy (non-hydrogen) atoms. The first-order valence-corrected chi connectivity index (χ1v) is 5.16. The van der Waals surface area contributed by atoms with Crippen LogP contribution in [0.4, 0.5) is 0 Å². The fraction of sp³-hybridized carbons (Fsp3) is 0.273. The summed E-state index contributed by atoms with van der Waals surface area (Å²) >= 11 is 6.09. The van der Waals surface area contributed by atoms with E-state index in [-0.39, 0.29) is 0 Å². The highest BCUT2D eigenvalue weighted by molar-refractivity contribution is 6.25. The molecular formula is C11H14ClN3. The molecule has 0 saturated carbocycles. The number of hydrogen-bond donors (Lipinski definition) is 2. The minimum Gasteiger partial charge on any atom is -0.398 e. The van der Waals surface area contributed by atoms with Crippen molar-refractivity contribution in [1.82, 2.24) is 4.57 Å². The van der Waals surface area contributed by atoms with Crippen molar-refractivity contribution in [3.8, 4) is 0 Å². The third kappa shape index (κ3) is 1.94. The zero-order valence-electron chi connectivity index (χ0n) is 8.57. The van der Waals surface area contributed by atoms with E-state index in [4.69, 9.17) is 23.1 Å². The SMILES string of the molecule is Cn1cccc1C1=CC(N)(Cl)CC=C1N. The summed E-state index contributed by atoms with van der Waals surface area (Å²) in [6.07, 6.45) is 6.22. The Morgan fingerprint density at radius 3 is 2.87 bits per heavy atom. The minimum atomic E-state index is -0.817. The van der Waals surface area contributed by atoms with E-state index in [1.54, 1.807) is 0 Å². The summed E-state index contributed by atoms with van der Waals surface area (Å²) in [5.41, 5.74) is 14.5. The highest BCUT2D eigenvalue weighted by Gasteiger charge is 2.24. The van der Waals surface area contributed by atoms with E-state index in [1.165, 1.54) is 0 Å². The molecule has 1 aliphatic rings. The van der Waals surface area contributed by atoms with Gasteiger partial charge in [0.05, 0.1) is 0 Å². The largest absolute Gasteiger partial charge is 0.398 e. The van der Waals surface area contributed by atoms with Crippen LogP contribution in [0, 0.1) is 0 Å².